The quantitative estimate of drug-likeness (QED) is 0.544. The van der Waals surface area contributed by atoms with Gasteiger partial charge in [0.2, 0.25) is 0 Å². The average molecular weight is 255 g/mol. The lowest BCUT2D eigenvalue weighted by molar-refractivity contribution is 0.247. The second kappa shape index (κ2) is 6.50. The molecule has 7 nitrogen and oxygen atoms in total. The predicted molar refractivity (Wildman–Crippen MR) is 63.0 cm³/mol. The summed E-state index contributed by atoms with van der Waals surface area (Å²) in [5, 5.41) is 6.13. The molecule has 4 N–H and O–H groups in total. The van der Waals surface area contributed by atoms with Gasteiger partial charge < -0.3 is 15.8 Å². The molecule has 0 aromatic heterocycles. The number of urea groups is 1. The summed E-state index contributed by atoms with van der Waals surface area (Å²) in [4.78, 5) is 11.5. The highest BCUT2D eigenvalue weighted by Gasteiger charge is 2.18. The average Bonchev–Trinajstić information content (AvgIpc) is 2.38. The molecule has 2 amide bonds. The Bertz CT molecular complexity index is 440. The number of ether oxygens (including phenoxy) is 1. The van der Waals surface area contributed by atoms with Gasteiger partial charge >= 0.3 is 6.03 Å². The Hall–Kier alpha value is -2.22. The number of halogens is 1. The number of benzene rings is 1. The van der Waals surface area contributed by atoms with E-state index in [0.717, 1.165) is 17.1 Å². The fourth-order valence-corrected chi connectivity index (χ4v) is 1.26. The van der Waals surface area contributed by atoms with Crippen molar-refractivity contribution in [1.82, 2.24) is 5.32 Å². The van der Waals surface area contributed by atoms with E-state index >= 15 is 0 Å². The molecule has 0 aliphatic carbocycles. The van der Waals surface area contributed by atoms with Crippen molar-refractivity contribution >= 4 is 11.7 Å². The number of hydrogen-bond donors (Lipinski definition) is 3. The van der Waals surface area contributed by atoms with Gasteiger partial charge in [-0.2, -0.15) is 10.5 Å². The molecule has 0 saturated carbocycles. The van der Waals surface area contributed by atoms with Gasteiger partial charge in [-0.3, -0.25) is 0 Å². The van der Waals surface area contributed by atoms with Crippen LogP contribution < -0.4 is 20.8 Å². The van der Waals surface area contributed by atoms with Crippen LogP contribution in [0.2, 0.25) is 0 Å². The third-order valence-electron chi connectivity index (χ3n) is 2.03. The number of amides is 2. The van der Waals surface area contributed by atoms with Gasteiger partial charge in [0.05, 0.1) is 0 Å². The first-order valence-corrected chi connectivity index (χ1v) is 5.15. The molecular weight excluding hydrogens is 241 g/mol. The fraction of sp³-hybridized carbons (Fsp3) is 0.300. The summed E-state index contributed by atoms with van der Waals surface area (Å²) in [7, 11) is 1.39. The van der Waals surface area contributed by atoms with Gasteiger partial charge in [0.1, 0.15) is 23.9 Å². The van der Waals surface area contributed by atoms with Crippen LogP contribution in [0.5, 0.6) is 5.75 Å². The van der Waals surface area contributed by atoms with Gasteiger partial charge in [0.25, 0.3) is 0 Å². The second-order valence-electron chi connectivity index (χ2n) is 3.22. The maximum atomic E-state index is 13.1. The summed E-state index contributed by atoms with van der Waals surface area (Å²) in [5.41, 5.74) is 12.4. The van der Waals surface area contributed by atoms with Crippen molar-refractivity contribution in [3.63, 3.8) is 0 Å². The molecule has 0 spiro atoms. The molecule has 8 heteroatoms. The second-order valence-corrected chi connectivity index (χ2v) is 3.22. The molecule has 1 aromatic carbocycles. The van der Waals surface area contributed by atoms with Gasteiger partial charge in [-0.15, -0.1) is 0 Å². The topological polar surface area (TPSA) is 104 Å². The van der Waals surface area contributed by atoms with Crippen molar-refractivity contribution in [2.24, 2.45) is 11.0 Å². The van der Waals surface area contributed by atoms with Gasteiger partial charge in [-0.05, 0) is 12.1 Å². The number of nitrogens with two attached hydrogens (primary N) is 1. The maximum absolute atomic E-state index is 13.1. The molecule has 0 atom stereocenters. The highest BCUT2D eigenvalue weighted by molar-refractivity contribution is 5.92. The van der Waals surface area contributed by atoms with Gasteiger partial charge in [-0.1, -0.05) is 5.22 Å². The van der Waals surface area contributed by atoms with Gasteiger partial charge in [0.15, 0.2) is 0 Å². The third-order valence-corrected chi connectivity index (χ3v) is 2.03. The maximum Gasteiger partial charge on any atom is 0.343 e. The molecule has 0 radical (unpaired) electrons. The van der Waals surface area contributed by atoms with Crippen LogP contribution in [0.15, 0.2) is 23.4 Å². The lowest BCUT2D eigenvalue weighted by Gasteiger charge is -2.18. The molecular formula is C10H14FN5O2. The summed E-state index contributed by atoms with van der Waals surface area (Å²) < 4.78 is 18.3. The molecule has 98 valence electrons. The molecule has 0 heterocycles. The Morgan fingerprint density at radius 2 is 2.39 bits per heavy atom. The number of hydrogen-bond acceptors (Lipinski definition) is 5. The van der Waals surface area contributed by atoms with Crippen molar-refractivity contribution in [1.29, 1.82) is 5.53 Å². The molecule has 1 rings (SSSR count). The molecule has 0 bridgehead atoms. The summed E-state index contributed by atoms with van der Waals surface area (Å²) in [6.45, 7) is 0.407. The van der Waals surface area contributed by atoms with E-state index in [2.05, 4.69) is 10.5 Å². The monoisotopic (exact) mass is 255 g/mol. The molecule has 1 aromatic rings. The first-order chi connectivity index (χ1) is 8.63. The fourth-order valence-electron chi connectivity index (χ4n) is 1.26. The molecule has 0 aliphatic rings. The van der Waals surface area contributed by atoms with Crippen LogP contribution in [0.25, 0.3) is 0 Å². The Morgan fingerprint density at radius 3 is 2.94 bits per heavy atom. The van der Waals surface area contributed by atoms with Crippen LogP contribution in [0.1, 0.15) is 0 Å². The normalized spacial score (nSPS) is 9.72. The number of carbonyl (C=O) groups excluding carboxylic acids is 1. The standard InChI is InChI=1S/C10H14FN5O2/c1-14-10(17)16(15-13)8-3-2-7(11)6-9(8)18-5-4-12/h2-3,6,13H,4-5,12H2,1H3,(H,14,17). The Morgan fingerprint density at radius 1 is 1.67 bits per heavy atom. The number of anilines is 1. The van der Waals surface area contributed by atoms with Crippen molar-refractivity contribution in [2.75, 3.05) is 25.2 Å². The smallest absolute Gasteiger partial charge is 0.343 e. The van der Waals surface area contributed by atoms with E-state index in [1.807, 2.05) is 0 Å². The predicted octanol–water partition coefficient (Wildman–Crippen LogP) is 1.25. The van der Waals surface area contributed by atoms with Crippen LogP contribution >= 0.6 is 0 Å². The molecule has 0 fully saturated rings. The summed E-state index contributed by atoms with van der Waals surface area (Å²) in [6, 6.07) is 2.92. The Labute approximate surface area is 103 Å². The summed E-state index contributed by atoms with van der Waals surface area (Å²) in [6.07, 6.45) is 0. The van der Waals surface area contributed by atoms with E-state index in [1.165, 1.54) is 13.1 Å². The first kappa shape index (κ1) is 13.8. The molecule has 18 heavy (non-hydrogen) atoms. The zero-order valence-corrected chi connectivity index (χ0v) is 9.81. The number of nitrogens with zero attached hydrogens (tertiary/aromatic N) is 2. The number of rotatable bonds is 5. The highest BCUT2D eigenvalue weighted by atomic mass is 19.1. The number of carbonyl (C=O) groups is 1. The minimum absolute atomic E-state index is 0.0973. The van der Waals surface area contributed by atoms with Gasteiger partial charge in [0, 0.05) is 19.7 Å². The van der Waals surface area contributed by atoms with E-state index < -0.39 is 11.8 Å². The summed E-state index contributed by atoms with van der Waals surface area (Å²) in [5.74, 6) is -0.423. The van der Waals surface area contributed by atoms with Crippen LogP contribution in [0, 0.1) is 11.3 Å². The molecule has 0 saturated heterocycles. The van der Waals surface area contributed by atoms with Crippen molar-refractivity contribution in [3.8, 4) is 5.75 Å². The highest BCUT2D eigenvalue weighted by Crippen LogP contribution is 2.29. The lowest BCUT2D eigenvalue weighted by Crippen LogP contribution is -2.34. The van der Waals surface area contributed by atoms with E-state index in [-0.39, 0.29) is 24.6 Å². The van der Waals surface area contributed by atoms with Gasteiger partial charge in [-0.25, -0.2) is 9.18 Å². The Balaban J connectivity index is 3.11. The number of nitrogens with one attached hydrogen (secondary N) is 2. The zero-order valence-electron chi connectivity index (χ0n) is 9.81. The van der Waals surface area contributed by atoms with Crippen molar-refractivity contribution < 1.29 is 13.9 Å². The van der Waals surface area contributed by atoms with E-state index in [1.54, 1.807) is 0 Å². The minimum atomic E-state index is -0.630. The minimum Gasteiger partial charge on any atom is -0.490 e. The largest absolute Gasteiger partial charge is 0.490 e. The molecule has 0 aliphatic heterocycles. The van der Waals surface area contributed by atoms with E-state index in [4.69, 9.17) is 16.0 Å². The Kier molecular flexibility index (Phi) is 5.00. The molecule has 0 unspecified atom stereocenters. The lowest BCUT2D eigenvalue weighted by atomic mass is 10.2. The van der Waals surface area contributed by atoms with E-state index in [9.17, 15) is 9.18 Å². The first-order valence-electron chi connectivity index (χ1n) is 5.15. The third kappa shape index (κ3) is 3.14. The zero-order chi connectivity index (χ0) is 13.5. The van der Waals surface area contributed by atoms with Crippen LogP contribution in [-0.4, -0.2) is 26.2 Å². The van der Waals surface area contributed by atoms with Crippen molar-refractivity contribution in [2.45, 2.75) is 0 Å². The van der Waals surface area contributed by atoms with E-state index in [0.29, 0.717) is 0 Å². The van der Waals surface area contributed by atoms with Crippen molar-refractivity contribution in [3.05, 3.63) is 24.0 Å². The SMILES string of the molecule is CNC(=O)N(N=N)c1ccc(F)cc1OCCN. The van der Waals surface area contributed by atoms with Crippen LogP contribution in [0.3, 0.4) is 0 Å². The van der Waals surface area contributed by atoms with Crippen LogP contribution in [-0.2, 0) is 0 Å². The summed E-state index contributed by atoms with van der Waals surface area (Å²) >= 11 is 0. The van der Waals surface area contributed by atoms with Crippen LogP contribution in [0.4, 0.5) is 14.9 Å².